The van der Waals surface area contributed by atoms with Crippen LogP contribution >= 0.6 is 0 Å². The second-order valence-electron chi connectivity index (χ2n) is 16.7. The van der Waals surface area contributed by atoms with Gasteiger partial charge in [0.2, 0.25) is 0 Å². The highest BCUT2D eigenvalue weighted by Gasteiger charge is 2.52. The molecule has 0 unspecified atom stereocenters. The maximum absolute atomic E-state index is 6.62. The molecule has 0 bridgehead atoms. The maximum Gasteiger partial charge on any atom is 0.143 e. The van der Waals surface area contributed by atoms with E-state index in [1.54, 1.807) is 0 Å². The van der Waals surface area contributed by atoms with E-state index in [1.165, 1.54) is 55.6 Å². The van der Waals surface area contributed by atoms with Crippen LogP contribution in [0.1, 0.15) is 22.3 Å². The molecule has 2 aliphatic carbocycles. The van der Waals surface area contributed by atoms with Gasteiger partial charge >= 0.3 is 0 Å². The lowest BCUT2D eigenvalue weighted by molar-refractivity contribution is 0.670. The fourth-order valence-corrected chi connectivity index (χ4v) is 10.9. The quantitative estimate of drug-likeness (QED) is 0.167. The molecule has 10 aromatic carbocycles. The Bertz CT molecular complexity index is 3520. The molecule has 13 rings (SSSR count). The smallest absolute Gasteiger partial charge is 0.143 e. The molecule has 0 radical (unpaired) electrons. The van der Waals surface area contributed by atoms with Crippen LogP contribution in [0.4, 0.5) is 17.1 Å². The lowest BCUT2D eigenvalue weighted by atomic mass is 9.70. The van der Waals surface area contributed by atoms with Gasteiger partial charge in [0, 0.05) is 33.2 Å². The van der Waals surface area contributed by atoms with Gasteiger partial charge in [0.05, 0.1) is 16.8 Å². The highest BCUT2D eigenvalue weighted by molar-refractivity contribution is 6.10. The Morgan fingerprint density at radius 2 is 0.841 bits per heavy atom. The molecule has 0 atom stereocenters. The zero-order valence-corrected chi connectivity index (χ0v) is 34.4. The average Bonchev–Trinajstić information content (AvgIpc) is 4.00. The number of rotatable bonds is 6. The largest absolute Gasteiger partial charge is 0.455 e. The van der Waals surface area contributed by atoms with Crippen LogP contribution in [0.3, 0.4) is 0 Å². The lowest BCUT2D eigenvalue weighted by Gasteiger charge is -2.32. The first-order chi connectivity index (χ1) is 31.3. The topological polar surface area (TPSA) is 16.4 Å². The molecule has 63 heavy (non-hydrogen) atoms. The summed E-state index contributed by atoms with van der Waals surface area (Å²) < 4.78 is 6.62. The third kappa shape index (κ3) is 5.19. The zero-order chi connectivity index (χ0) is 41.5. The Kier molecular flexibility index (Phi) is 7.85. The van der Waals surface area contributed by atoms with Crippen molar-refractivity contribution in [2.75, 3.05) is 4.90 Å². The standard InChI is InChI=1S/C61H39NO/c1-3-17-40(18-4-1)41-33-36-44(37-34-41)62(56-38-35-43(39-51(56)42-19-5-2-6-20-42)45-25-15-26-49-48-23-10-14-32-58(48)63-60(45)49)57-31-16-30-55-59(57)50-24-9-13-29-54(50)61(55)52-27-11-7-21-46(52)47-22-8-12-28-53(47)61/h1-39H. The third-order valence-corrected chi connectivity index (χ3v) is 13.5. The molecule has 0 fully saturated rings. The van der Waals surface area contributed by atoms with E-state index in [1.807, 2.05) is 6.07 Å². The summed E-state index contributed by atoms with van der Waals surface area (Å²) in [7, 11) is 0. The summed E-state index contributed by atoms with van der Waals surface area (Å²) in [4.78, 5) is 2.50. The van der Waals surface area contributed by atoms with Gasteiger partial charge in [-0.2, -0.15) is 0 Å². The summed E-state index contributed by atoms with van der Waals surface area (Å²) in [5.41, 5.74) is 21.9. The highest BCUT2D eigenvalue weighted by atomic mass is 16.3. The van der Waals surface area contributed by atoms with Gasteiger partial charge in [-0.3, -0.25) is 0 Å². The number of anilines is 3. The minimum Gasteiger partial charge on any atom is -0.455 e. The fourth-order valence-electron chi connectivity index (χ4n) is 10.9. The van der Waals surface area contributed by atoms with E-state index in [4.69, 9.17) is 4.42 Å². The Morgan fingerprint density at radius 3 is 1.57 bits per heavy atom. The van der Waals surface area contributed by atoms with Crippen LogP contribution in [-0.4, -0.2) is 0 Å². The van der Waals surface area contributed by atoms with Crippen molar-refractivity contribution >= 4 is 39.0 Å². The number of benzene rings is 10. The Morgan fingerprint density at radius 1 is 0.317 bits per heavy atom. The van der Waals surface area contributed by atoms with Crippen LogP contribution in [0.5, 0.6) is 0 Å². The van der Waals surface area contributed by atoms with Crippen molar-refractivity contribution in [1.29, 1.82) is 0 Å². The van der Waals surface area contributed by atoms with Crippen LogP contribution in [-0.2, 0) is 5.41 Å². The van der Waals surface area contributed by atoms with E-state index in [2.05, 4.69) is 235 Å². The SMILES string of the molecule is c1ccc(-c2ccc(N(c3ccc(-c4cccc5c4oc4ccccc45)cc3-c3ccccc3)c3cccc4c3-c3ccccc3C43c4ccccc4-c4ccccc43)cc2)cc1. The van der Waals surface area contributed by atoms with Gasteiger partial charge in [-0.1, -0.05) is 200 Å². The summed E-state index contributed by atoms with van der Waals surface area (Å²) in [6, 6.07) is 86.5. The molecule has 0 saturated carbocycles. The first kappa shape index (κ1) is 35.5. The van der Waals surface area contributed by atoms with Crippen molar-refractivity contribution in [2.24, 2.45) is 0 Å². The Hall–Kier alpha value is -8.20. The van der Waals surface area contributed by atoms with E-state index < -0.39 is 5.41 Å². The lowest BCUT2D eigenvalue weighted by Crippen LogP contribution is -2.26. The van der Waals surface area contributed by atoms with Crippen LogP contribution in [0.15, 0.2) is 241 Å². The molecule has 0 saturated heterocycles. The number of hydrogen-bond donors (Lipinski definition) is 0. The van der Waals surface area contributed by atoms with Crippen molar-refractivity contribution < 1.29 is 4.42 Å². The predicted octanol–water partition coefficient (Wildman–Crippen LogP) is 16.4. The maximum atomic E-state index is 6.62. The Balaban J connectivity index is 1.09. The second-order valence-corrected chi connectivity index (χ2v) is 16.7. The zero-order valence-electron chi connectivity index (χ0n) is 34.4. The fraction of sp³-hybridized carbons (Fsp3) is 0.0164. The van der Waals surface area contributed by atoms with Crippen LogP contribution < -0.4 is 4.90 Å². The number of para-hydroxylation sites is 2. The molecule has 0 amide bonds. The first-order valence-electron chi connectivity index (χ1n) is 21.8. The van der Waals surface area contributed by atoms with E-state index in [-0.39, 0.29) is 0 Å². The molecule has 2 heteroatoms. The third-order valence-electron chi connectivity index (χ3n) is 13.5. The van der Waals surface area contributed by atoms with Gasteiger partial charge in [0.15, 0.2) is 0 Å². The average molecular weight is 802 g/mol. The molecule has 2 aliphatic rings. The minimum absolute atomic E-state index is 0.463. The summed E-state index contributed by atoms with van der Waals surface area (Å²) in [5.74, 6) is 0. The molecule has 11 aromatic rings. The number of nitrogens with zero attached hydrogens (tertiary/aromatic N) is 1. The number of hydrogen-bond acceptors (Lipinski definition) is 2. The van der Waals surface area contributed by atoms with Crippen molar-refractivity contribution in [3.63, 3.8) is 0 Å². The summed E-state index contributed by atoms with van der Waals surface area (Å²) >= 11 is 0. The molecule has 0 aliphatic heterocycles. The van der Waals surface area contributed by atoms with Gasteiger partial charge in [-0.05, 0) is 97.6 Å². The van der Waals surface area contributed by atoms with E-state index in [0.717, 1.165) is 61.3 Å². The molecular formula is C61H39NO. The van der Waals surface area contributed by atoms with Crippen molar-refractivity contribution in [1.82, 2.24) is 0 Å². The molecule has 1 heterocycles. The van der Waals surface area contributed by atoms with Gasteiger partial charge in [-0.25, -0.2) is 0 Å². The monoisotopic (exact) mass is 801 g/mol. The van der Waals surface area contributed by atoms with Gasteiger partial charge in [0.25, 0.3) is 0 Å². The van der Waals surface area contributed by atoms with Crippen molar-refractivity contribution in [3.05, 3.63) is 259 Å². The van der Waals surface area contributed by atoms with Crippen molar-refractivity contribution in [2.45, 2.75) is 5.41 Å². The number of fused-ring (bicyclic) bond motifs is 13. The van der Waals surface area contributed by atoms with Crippen LogP contribution in [0, 0.1) is 0 Å². The molecule has 1 aromatic heterocycles. The first-order valence-corrected chi connectivity index (χ1v) is 21.8. The van der Waals surface area contributed by atoms with Crippen LogP contribution in [0.2, 0.25) is 0 Å². The predicted molar refractivity (Wildman–Crippen MR) is 261 cm³/mol. The normalized spacial score (nSPS) is 12.9. The second kappa shape index (κ2) is 13.9. The van der Waals surface area contributed by atoms with Crippen LogP contribution in [0.25, 0.3) is 77.6 Å². The van der Waals surface area contributed by atoms with Gasteiger partial charge in [0.1, 0.15) is 11.2 Å². The molecule has 1 spiro atoms. The van der Waals surface area contributed by atoms with E-state index in [0.29, 0.717) is 0 Å². The molecule has 0 N–H and O–H groups in total. The minimum atomic E-state index is -0.463. The molecular weight excluding hydrogens is 763 g/mol. The Labute approximate surface area is 366 Å². The molecule has 294 valence electrons. The van der Waals surface area contributed by atoms with E-state index >= 15 is 0 Å². The summed E-state index contributed by atoms with van der Waals surface area (Å²) in [6.45, 7) is 0. The van der Waals surface area contributed by atoms with E-state index in [9.17, 15) is 0 Å². The van der Waals surface area contributed by atoms with Gasteiger partial charge in [-0.15, -0.1) is 0 Å². The summed E-state index contributed by atoms with van der Waals surface area (Å²) in [5, 5.41) is 2.25. The van der Waals surface area contributed by atoms with Gasteiger partial charge < -0.3 is 9.32 Å². The number of furan rings is 1. The highest BCUT2D eigenvalue weighted by Crippen LogP contribution is 2.65. The molecule has 2 nitrogen and oxygen atoms in total. The summed E-state index contributed by atoms with van der Waals surface area (Å²) in [6.07, 6.45) is 0. The van der Waals surface area contributed by atoms with Crippen molar-refractivity contribution in [3.8, 4) is 55.6 Å².